The lowest BCUT2D eigenvalue weighted by Crippen LogP contribution is -1.86. The van der Waals surface area contributed by atoms with E-state index in [0.29, 0.717) is 0 Å². The molecule has 21 aromatic rings. The second-order valence-corrected chi connectivity index (χ2v) is 31.0. The van der Waals surface area contributed by atoms with Gasteiger partial charge < -0.3 is 44.6 Å². The predicted molar refractivity (Wildman–Crippen MR) is 477 cm³/mol. The van der Waals surface area contributed by atoms with Gasteiger partial charge in [0.25, 0.3) is 0 Å². The Labute approximate surface area is 680 Å². The minimum Gasteiger partial charge on any atom is -0.497 e. The van der Waals surface area contributed by atoms with Gasteiger partial charge in [-0.3, -0.25) is 0 Å². The van der Waals surface area contributed by atoms with E-state index in [0.717, 1.165) is 193 Å². The van der Waals surface area contributed by atoms with Gasteiger partial charge in [-0.25, -0.2) is 24.3 Å². The molecular weight excluding hydrogens is 1610 g/mol. The second-order valence-electron chi connectivity index (χ2n) is 28.2. The highest BCUT2D eigenvalue weighted by Crippen LogP contribution is 2.43. The number of nitrogens with one attached hydrogen (secondary N) is 8. The summed E-state index contributed by atoms with van der Waals surface area (Å²) >= 11 is 10.6. The third-order valence-corrected chi connectivity index (χ3v) is 22.5. The van der Waals surface area contributed by atoms with Crippen LogP contribution in [0.1, 0.15) is 22.6 Å². The maximum absolute atomic E-state index is 13.5. The maximum Gasteiger partial charge on any atom is 0.140 e. The molecular formula is C97H72Br3FN12O. The zero-order valence-corrected chi connectivity index (χ0v) is 67.3. The lowest BCUT2D eigenvalue weighted by Gasteiger charge is -2.05. The van der Waals surface area contributed by atoms with Crippen molar-refractivity contribution in [3.05, 3.63) is 339 Å². The molecule has 0 aliphatic rings. The van der Waals surface area contributed by atoms with E-state index in [4.69, 9.17) is 24.7 Å². The molecule has 8 aromatic heterocycles. The van der Waals surface area contributed by atoms with E-state index in [1.807, 2.05) is 97.2 Å². The van der Waals surface area contributed by atoms with Crippen LogP contribution in [0.2, 0.25) is 0 Å². The minimum atomic E-state index is -0.253. The van der Waals surface area contributed by atoms with Crippen LogP contribution in [-0.2, 0) is 0 Å². The number of ether oxygens (including phenoxy) is 1. The molecule has 0 bridgehead atoms. The van der Waals surface area contributed by atoms with E-state index >= 15 is 0 Å². The van der Waals surface area contributed by atoms with Gasteiger partial charge in [0.1, 0.15) is 34.9 Å². The summed E-state index contributed by atoms with van der Waals surface area (Å²) in [6.45, 7) is 8.35. The third-order valence-electron chi connectivity index (χ3n) is 20.9. The molecule has 0 spiro atoms. The highest BCUT2D eigenvalue weighted by Gasteiger charge is 2.24. The fourth-order valence-electron chi connectivity index (χ4n) is 15.4. The van der Waals surface area contributed by atoms with E-state index < -0.39 is 0 Å². The van der Waals surface area contributed by atoms with Crippen molar-refractivity contribution in [1.29, 1.82) is 0 Å². The van der Waals surface area contributed by atoms with Gasteiger partial charge in [-0.2, -0.15) is 0 Å². The van der Waals surface area contributed by atoms with Crippen LogP contribution in [0.3, 0.4) is 0 Å². The predicted octanol–water partition coefficient (Wildman–Crippen LogP) is 27.4. The number of halogens is 4. The molecule has 0 aliphatic carbocycles. The first-order valence-electron chi connectivity index (χ1n) is 37.4. The smallest absolute Gasteiger partial charge is 0.140 e. The normalized spacial score (nSPS) is 11.4. The number of aromatic amines is 8. The summed E-state index contributed by atoms with van der Waals surface area (Å²) in [4.78, 5) is 48.2. The molecule has 0 radical (unpaired) electrons. The van der Waals surface area contributed by atoms with Crippen molar-refractivity contribution in [3.63, 3.8) is 0 Å². The quantitative estimate of drug-likeness (QED) is 0.0598. The van der Waals surface area contributed by atoms with Gasteiger partial charge in [-0.1, -0.05) is 235 Å². The second kappa shape index (κ2) is 30.8. The topological polar surface area (TPSA) is 187 Å². The molecule has 0 fully saturated rings. The molecule has 0 unspecified atom stereocenters. The Bertz CT molecular complexity index is 6970. The van der Waals surface area contributed by atoms with Crippen molar-refractivity contribution in [3.8, 4) is 119 Å². The molecule has 13 nitrogen and oxygen atoms in total. The summed E-state index contributed by atoms with van der Waals surface area (Å²) in [5.74, 6) is 4.00. The molecule has 0 saturated heterocycles. The van der Waals surface area contributed by atoms with Crippen LogP contribution in [0.4, 0.5) is 4.39 Å². The average Bonchev–Trinajstić information content (AvgIpc) is 1.57. The molecule has 0 aliphatic heterocycles. The first kappa shape index (κ1) is 72.4. The Balaban J connectivity index is 0.000000106. The number of methoxy groups -OCH3 is 1. The minimum absolute atomic E-state index is 0.253. The first-order valence-corrected chi connectivity index (χ1v) is 39.8. The number of rotatable bonds is 11. The molecule has 17 heteroatoms. The molecule has 8 N–H and O–H groups in total. The number of H-pyrrole nitrogens is 8. The molecule has 114 heavy (non-hydrogen) atoms. The zero-order valence-electron chi connectivity index (χ0n) is 62.5. The van der Waals surface area contributed by atoms with E-state index in [9.17, 15) is 4.39 Å². The summed E-state index contributed by atoms with van der Waals surface area (Å²) < 4.78 is 21.9. The average molecular weight is 1680 g/mol. The maximum atomic E-state index is 13.5. The number of hydrogen-bond acceptors (Lipinski definition) is 5. The van der Waals surface area contributed by atoms with Crippen LogP contribution in [0, 0.1) is 33.5 Å². The van der Waals surface area contributed by atoms with Crippen molar-refractivity contribution in [2.75, 3.05) is 7.11 Å². The van der Waals surface area contributed by atoms with Crippen LogP contribution in [-0.4, -0.2) is 66.9 Å². The third kappa shape index (κ3) is 14.0. The van der Waals surface area contributed by atoms with Crippen LogP contribution in [0.5, 0.6) is 5.75 Å². The number of fused-ring (bicyclic) bond motifs is 10. The Morgan fingerprint density at radius 2 is 0.684 bits per heavy atom. The van der Waals surface area contributed by atoms with Crippen LogP contribution in [0.15, 0.2) is 311 Å². The number of aryl methyl sites for hydroxylation is 4. The van der Waals surface area contributed by atoms with E-state index in [1.165, 1.54) is 50.0 Å². The number of hydrogen-bond donors (Lipinski definition) is 8. The largest absolute Gasteiger partial charge is 0.497 e. The fraction of sp³-hybridized carbons (Fsp3) is 0.0515. The van der Waals surface area contributed by atoms with E-state index in [-0.39, 0.29) is 5.82 Å². The van der Waals surface area contributed by atoms with Crippen molar-refractivity contribution in [1.82, 2.24) is 59.8 Å². The van der Waals surface area contributed by atoms with Crippen LogP contribution in [0.25, 0.3) is 189 Å². The molecule has 13 aromatic carbocycles. The Morgan fingerprint density at radius 1 is 0.307 bits per heavy atom. The van der Waals surface area contributed by atoms with Gasteiger partial charge in [0.15, 0.2) is 0 Å². The number of aromatic nitrogens is 12. The first-order chi connectivity index (χ1) is 55.7. The summed E-state index contributed by atoms with van der Waals surface area (Å²) in [6.07, 6.45) is 2.01. The SMILES string of the molecule is COc1ccc(-c2nc(-c3c[nH]c4ccc(Br)cc34)[nH]c2-c2ccc(C)cc2)cc1.Cc1[nH]c2ccccc2c1-c1nc(-c2ccc(Br)cc2)c(-c2ccc(Br)cc2)[nH]1.Cc1[nH]c2ccccc2c1-c1nc(-c2ccccc2)c(-c2ccc(F)cc2)[nH]1.Cc1[nH]c2ccccc2c1-c1nc2c3ccccc3c3ccccc3c2[nH]1. The molecule has 0 saturated carbocycles. The summed E-state index contributed by atoms with van der Waals surface area (Å²) in [7, 11) is 1.68. The monoisotopic (exact) mass is 1680 g/mol. The summed E-state index contributed by atoms with van der Waals surface area (Å²) in [6, 6.07) is 97.9. The molecule has 8 heterocycles. The zero-order chi connectivity index (χ0) is 77.7. The number of imidazole rings is 4. The van der Waals surface area contributed by atoms with Gasteiger partial charge in [-0.15, -0.1) is 0 Å². The highest BCUT2D eigenvalue weighted by molar-refractivity contribution is 9.11. The van der Waals surface area contributed by atoms with Gasteiger partial charge in [0, 0.05) is 147 Å². The van der Waals surface area contributed by atoms with Gasteiger partial charge in [-0.05, 0) is 148 Å². The number of nitrogens with zero attached hydrogens (tertiary/aromatic N) is 4. The van der Waals surface area contributed by atoms with Gasteiger partial charge in [0.2, 0.25) is 0 Å². The van der Waals surface area contributed by atoms with Gasteiger partial charge in [0.05, 0.1) is 52.3 Å². The van der Waals surface area contributed by atoms with Crippen LogP contribution >= 0.6 is 47.8 Å². The Hall–Kier alpha value is -13.2. The number of para-hydroxylation sites is 3. The lowest BCUT2D eigenvalue weighted by molar-refractivity contribution is 0.415. The standard InChI is InChI=1S/C25H20BrN3O.C24H17Br2N3.C24H18FN3.C24H17N3/c1-15-3-5-16(6-4-15)23-24(17-7-10-19(30-2)11-8-17)29-25(28-23)21-14-27-22-12-9-18(26)13-20(21)22;1-14-21(19-4-2-3-5-20(19)27-14)24-28-22(15-6-10-17(25)11-7-15)23(29-24)16-8-12-18(26)13-9-16;1-15-21(19-9-5-6-10-20(19)26-15)24-27-22(16-7-3-2-4-8-16)23(28-24)17-11-13-18(25)14-12-17;1-14-21(19-12-6-7-13-20(19)25-14)24-26-22-17-10-4-2-8-15(17)16-9-3-5-11-18(16)23(22)27-24/h3-14,27H,1-2H3,(H,28,29);2-13,27H,1H3,(H,28,29);2-14,26H,1H3,(H,27,28);2-13,25H,1H3,(H,26,27). The molecule has 554 valence electrons. The summed E-state index contributed by atoms with van der Waals surface area (Å²) in [5, 5.41) is 9.51. The van der Waals surface area contributed by atoms with Crippen molar-refractivity contribution < 1.29 is 9.13 Å². The van der Waals surface area contributed by atoms with Crippen LogP contribution < -0.4 is 4.74 Å². The Morgan fingerprint density at radius 3 is 1.18 bits per heavy atom. The van der Waals surface area contributed by atoms with Gasteiger partial charge >= 0.3 is 0 Å². The van der Waals surface area contributed by atoms with E-state index in [1.54, 1.807) is 19.2 Å². The molecule has 21 rings (SSSR count). The lowest BCUT2D eigenvalue weighted by atomic mass is 10.0. The molecule has 0 atom stereocenters. The van der Waals surface area contributed by atoms with Crippen molar-refractivity contribution in [2.24, 2.45) is 0 Å². The fourth-order valence-corrected chi connectivity index (χ4v) is 16.3. The van der Waals surface area contributed by atoms with Crippen molar-refractivity contribution >= 4 is 124 Å². The molecule has 0 amide bonds. The highest BCUT2D eigenvalue weighted by atomic mass is 79.9. The summed E-state index contributed by atoms with van der Waals surface area (Å²) in [5.41, 5.74) is 27.3. The van der Waals surface area contributed by atoms with E-state index in [2.05, 4.69) is 291 Å². The number of benzene rings is 13. The van der Waals surface area contributed by atoms with Crippen molar-refractivity contribution in [2.45, 2.75) is 27.7 Å². The Kier molecular flexibility index (Phi) is 19.6.